The standard InChI is InChI=1S/C14H10ClN3O3/c15-10-2-1-3-11(7-10)21-8-13-17-16-12-6-9(14(19)20)4-5-18(12)13/h1-7H,8H2,(H,19,20). The minimum absolute atomic E-state index is 0.164. The van der Waals surface area contributed by atoms with Crippen LogP contribution in [0, 0.1) is 0 Å². The monoisotopic (exact) mass is 303 g/mol. The summed E-state index contributed by atoms with van der Waals surface area (Å²) >= 11 is 5.88. The third-order valence-corrected chi connectivity index (χ3v) is 3.13. The van der Waals surface area contributed by atoms with Gasteiger partial charge in [-0.15, -0.1) is 10.2 Å². The van der Waals surface area contributed by atoms with Crippen LogP contribution in [-0.2, 0) is 6.61 Å². The molecule has 0 aliphatic rings. The molecule has 0 bridgehead atoms. The number of rotatable bonds is 4. The van der Waals surface area contributed by atoms with Crippen molar-refractivity contribution in [3.05, 3.63) is 59.0 Å². The van der Waals surface area contributed by atoms with Gasteiger partial charge in [-0.05, 0) is 30.3 Å². The Morgan fingerprint density at radius 1 is 1.29 bits per heavy atom. The highest BCUT2D eigenvalue weighted by Crippen LogP contribution is 2.18. The van der Waals surface area contributed by atoms with Gasteiger partial charge in [0.2, 0.25) is 0 Å². The zero-order valence-electron chi connectivity index (χ0n) is 10.7. The van der Waals surface area contributed by atoms with E-state index in [4.69, 9.17) is 21.4 Å². The second kappa shape index (κ2) is 5.41. The maximum absolute atomic E-state index is 10.9. The van der Waals surface area contributed by atoms with Gasteiger partial charge in [0.25, 0.3) is 0 Å². The normalized spacial score (nSPS) is 10.7. The Kier molecular flexibility index (Phi) is 3.45. The summed E-state index contributed by atoms with van der Waals surface area (Å²) in [5.74, 6) is 0.195. The summed E-state index contributed by atoms with van der Waals surface area (Å²) in [7, 11) is 0. The van der Waals surface area contributed by atoms with Crippen LogP contribution in [0.25, 0.3) is 5.65 Å². The topological polar surface area (TPSA) is 76.7 Å². The molecule has 3 rings (SSSR count). The fourth-order valence-electron chi connectivity index (χ4n) is 1.88. The van der Waals surface area contributed by atoms with Crippen LogP contribution < -0.4 is 4.74 Å². The number of halogens is 1. The van der Waals surface area contributed by atoms with E-state index in [0.29, 0.717) is 22.2 Å². The number of hydrogen-bond acceptors (Lipinski definition) is 4. The van der Waals surface area contributed by atoms with Gasteiger partial charge in [0.15, 0.2) is 11.5 Å². The second-order valence-electron chi connectivity index (χ2n) is 4.31. The number of fused-ring (bicyclic) bond motifs is 1. The molecule has 1 N–H and O–H groups in total. The van der Waals surface area contributed by atoms with E-state index in [2.05, 4.69) is 10.2 Å². The predicted octanol–water partition coefficient (Wildman–Crippen LogP) is 2.66. The summed E-state index contributed by atoms with van der Waals surface area (Å²) in [6.45, 7) is 0.202. The van der Waals surface area contributed by atoms with Crippen LogP contribution in [0.3, 0.4) is 0 Å². The van der Waals surface area contributed by atoms with Gasteiger partial charge in [-0.1, -0.05) is 17.7 Å². The molecule has 106 valence electrons. The van der Waals surface area contributed by atoms with Crippen LogP contribution in [-0.4, -0.2) is 25.7 Å². The summed E-state index contributed by atoms with van der Waals surface area (Å²) in [6.07, 6.45) is 1.61. The van der Waals surface area contributed by atoms with E-state index in [1.165, 1.54) is 12.1 Å². The second-order valence-corrected chi connectivity index (χ2v) is 4.75. The quantitative estimate of drug-likeness (QED) is 0.802. The molecule has 0 atom stereocenters. The van der Waals surface area contributed by atoms with Gasteiger partial charge in [-0.25, -0.2) is 4.79 Å². The van der Waals surface area contributed by atoms with Crippen LogP contribution in [0.2, 0.25) is 5.02 Å². The van der Waals surface area contributed by atoms with Gasteiger partial charge in [-0.3, -0.25) is 4.40 Å². The molecule has 6 nitrogen and oxygen atoms in total. The maximum atomic E-state index is 10.9. The Morgan fingerprint density at radius 3 is 2.90 bits per heavy atom. The first-order chi connectivity index (χ1) is 10.1. The van der Waals surface area contributed by atoms with E-state index in [9.17, 15) is 4.79 Å². The van der Waals surface area contributed by atoms with Crippen molar-refractivity contribution in [3.8, 4) is 5.75 Å². The largest absolute Gasteiger partial charge is 0.486 e. The zero-order chi connectivity index (χ0) is 14.8. The van der Waals surface area contributed by atoms with E-state index in [0.717, 1.165) is 0 Å². The lowest BCUT2D eigenvalue weighted by Crippen LogP contribution is -2.02. The highest BCUT2D eigenvalue weighted by Gasteiger charge is 2.09. The summed E-state index contributed by atoms with van der Waals surface area (Å²) in [4.78, 5) is 10.9. The van der Waals surface area contributed by atoms with Crippen LogP contribution in [0.15, 0.2) is 42.6 Å². The molecule has 3 aromatic rings. The Morgan fingerprint density at radius 2 is 2.14 bits per heavy atom. The van der Waals surface area contributed by atoms with Crippen LogP contribution in [0.1, 0.15) is 16.2 Å². The third-order valence-electron chi connectivity index (χ3n) is 2.89. The molecule has 0 amide bonds. The van der Waals surface area contributed by atoms with Crippen LogP contribution in [0.4, 0.5) is 0 Å². The van der Waals surface area contributed by atoms with Crippen molar-refractivity contribution >= 4 is 23.2 Å². The van der Waals surface area contributed by atoms with Crippen molar-refractivity contribution in [1.82, 2.24) is 14.6 Å². The summed E-state index contributed by atoms with van der Waals surface area (Å²) in [5, 5.41) is 17.5. The highest BCUT2D eigenvalue weighted by atomic mass is 35.5. The van der Waals surface area contributed by atoms with E-state index in [-0.39, 0.29) is 12.2 Å². The van der Waals surface area contributed by atoms with E-state index < -0.39 is 5.97 Å². The Balaban J connectivity index is 1.83. The van der Waals surface area contributed by atoms with E-state index in [1.807, 2.05) is 0 Å². The van der Waals surface area contributed by atoms with Gasteiger partial charge < -0.3 is 9.84 Å². The Bertz CT molecular complexity index is 816. The average molecular weight is 304 g/mol. The van der Waals surface area contributed by atoms with Gasteiger partial charge in [0, 0.05) is 11.2 Å². The third kappa shape index (κ3) is 2.80. The van der Waals surface area contributed by atoms with Crippen molar-refractivity contribution in [2.24, 2.45) is 0 Å². The molecule has 0 spiro atoms. The molecule has 0 radical (unpaired) electrons. The number of ether oxygens (including phenoxy) is 1. The fourth-order valence-corrected chi connectivity index (χ4v) is 2.06. The molecular weight excluding hydrogens is 294 g/mol. The van der Waals surface area contributed by atoms with Crippen molar-refractivity contribution < 1.29 is 14.6 Å². The zero-order valence-corrected chi connectivity index (χ0v) is 11.5. The number of benzene rings is 1. The van der Waals surface area contributed by atoms with Crippen molar-refractivity contribution in [1.29, 1.82) is 0 Å². The van der Waals surface area contributed by atoms with Gasteiger partial charge in [0.1, 0.15) is 12.4 Å². The predicted molar refractivity (Wildman–Crippen MR) is 75.7 cm³/mol. The number of carboxylic acid groups (broad SMARTS) is 1. The van der Waals surface area contributed by atoms with Crippen LogP contribution in [0.5, 0.6) is 5.75 Å². The smallest absolute Gasteiger partial charge is 0.335 e. The number of carboxylic acids is 1. The molecule has 0 saturated heterocycles. The molecule has 0 saturated carbocycles. The van der Waals surface area contributed by atoms with E-state index >= 15 is 0 Å². The van der Waals surface area contributed by atoms with Gasteiger partial charge in [0.05, 0.1) is 5.56 Å². The molecule has 7 heteroatoms. The lowest BCUT2D eigenvalue weighted by atomic mass is 10.3. The summed E-state index contributed by atoms with van der Waals surface area (Å²) in [6, 6.07) is 9.98. The molecule has 2 heterocycles. The fraction of sp³-hybridized carbons (Fsp3) is 0.0714. The Labute approximate surface area is 124 Å². The van der Waals surface area contributed by atoms with Gasteiger partial charge >= 0.3 is 5.97 Å². The number of aromatic carboxylic acids is 1. The van der Waals surface area contributed by atoms with E-state index in [1.54, 1.807) is 34.9 Å². The van der Waals surface area contributed by atoms with Crippen molar-refractivity contribution in [3.63, 3.8) is 0 Å². The first-order valence-electron chi connectivity index (χ1n) is 6.09. The van der Waals surface area contributed by atoms with Gasteiger partial charge in [-0.2, -0.15) is 0 Å². The molecule has 0 aliphatic heterocycles. The van der Waals surface area contributed by atoms with Crippen molar-refractivity contribution in [2.45, 2.75) is 6.61 Å². The number of carbonyl (C=O) groups is 1. The lowest BCUT2D eigenvalue weighted by molar-refractivity contribution is 0.0697. The number of nitrogens with zero attached hydrogens (tertiary/aromatic N) is 3. The molecule has 21 heavy (non-hydrogen) atoms. The molecule has 1 aromatic carbocycles. The molecule has 0 aliphatic carbocycles. The summed E-state index contributed by atoms with van der Waals surface area (Å²) in [5.41, 5.74) is 0.622. The summed E-state index contributed by atoms with van der Waals surface area (Å²) < 4.78 is 7.27. The first-order valence-corrected chi connectivity index (χ1v) is 6.46. The molecule has 0 fully saturated rings. The highest BCUT2D eigenvalue weighted by molar-refractivity contribution is 6.30. The number of pyridine rings is 1. The average Bonchev–Trinajstić information content (AvgIpc) is 2.87. The van der Waals surface area contributed by atoms with Crippen molar-refractivity contribution in [2.75, 3.05) is 0 Å². The Hall–Kier alpha value is -2.60. The SMILES string of the molecule is O=C(O)c1ccn2c(COc3cccc(Cl)c3)nnc2c1. The lowest BCUT2D eigenvalue weighted by Gasteiger charge is -2.05. The maximum Gasteiger partial charge on any atom is 0.335 e. The first kappa shape index (κ1) is 13.4. The number of aromatic nitrogens is 3. The minimum atomic E-state index is -1.00. The molecule has 2 aromatic heterocycles. The van der Waals surface area contributed by atoms with Crippen LogP contribution >= 0.6 is 11.6 Å². The minimum Gasteiger partial charge on any atom is -0.486 e. The molecule has 0 unspecified atom stereocenters. The molecular formula is C14H10ClN3O3. The number of hydrogen-bond donors (Lipinski definition) is 1.